The Morgan fingerprint density at radius 1 is 1.00 bits per heavy atom. The zero-order valence-corrected chi connectivity index (χ0v) is 19.7. The number of likely N-dealkylation sites (tertiary alicyclic amines) is 1. The molecular formula is C23H32N4O3S. The summed E-state index contributed by atoms with van der Waals surface area (Å²) in [6.07, 6.45) is 4.66. The van der Waals surface area contributed by atoms with Gasteiger partial charge in [0.05, 0.1) is 6.04 Å². The average molecular weight is 445 g/mol. The van der Waals surface area contributed by atoms with Gasteiger partial charge in [-0.25, -0.2) is 13.4 Å². The maximum atomic E-state index is 13.4. The third-order valence-corrected chi connectivity index (χ3v) is 8.43. The van der Waals surface area contributed by atoms with Crippen LogP contribution in [0.2, 0.25) is 0 Å². The van der Waals surface area contributed by atoms with Gasteiger partial charge in [0.15, 0.2) is 5.03 Å². The van der Waals surface area contributed by atoms with E-state index in [0.29, 0.717) is 31.8 Å². The van der Waals surface area contributed by atoms with Crippen molar-refractivity contribution in [3.05, 3.63) is 46.9 Å². The predicted molar refractivity (Wildman–Crippen MR) is 119 cm³/mol. The monoisotopic (exact) mass is 444 g/mol. The van der Waals surface area contributed by atoms with Crippen LogP contribution >= 0.6 is 0 Å². The molecule has 1 unspecified atom stereocenters. The molecule has 1 amide bonds. The molecular weight excluding hydrogens is 412 g/mol. The predicted octanol–water partition coefficient (Wildman–Crippen LogP) is 3.11. The molecule has 0 saturated carbocycles. The van der Waals surface area contributed by atoms with Crippen molar-refractivity contribution in [2.45, 2.75) is 57.5 Å². The van der Waals surface area contributed by atoms with Crippen LogP contribution in [0, 0.1) is 26.7 Å². The zero-order chi connectivity index (χ0) is 22.3. The lowest BCUT2D eigenvalue weighted by atomic mass is 9.94. The summed E-state index contributed by atoms with van der Waals surface area (Å²) in [5.74, 6) is 0.714. The number of amides is 1. The second kappa shape index (κ2) is 8.39. The molecule has 0 radical (unpaired) electrons. The summed E-state index contributed by atoms with van der Waals surface area (Å²) >= 11 is 0. The summed E-state index contributed by atoms with van der Waals surface area (Å²) in [5, 5.41) is 0.0895. The van der Waals surface area contributed by atoms with E-state index in [9.17, 15) is 13.2 Å². The number of aryl methyl sites for hydroxylation is 4. The van der Waals surface area contributed by atoms with E-state index in [1.54, 1.807) is 24.7 Å². The molecule has 0 aliphatic carbocycles. The standard InChI is InChI=1S/C23H32N4O3S/c1-16-12-17(2)14-20(13-16)21-6-5-9-27(21)23(28)19-7-10-26(11-8-19)31(29,30)22-15-25(4)18(3)24-22/h12-15,19,21H,5-11H2,1-4H3. The fourth-order valence-electron chi connectivity index (χ4n) is 4.94. The highest BCUT2D eigenvalue weighted by molar-refractivity contribution is 7.89. The Bertz CT molecular complexity index is 1040. The van der Waals surface area contributed by atoms with Gasteiger partial charge < -0.3 is 9.47 Å². The molecule has 8 heteroatoms. The summed E-state index contributed by atoms with van der Waals surface area (Å²) in [7, 11) is -1.83. The lowest BCUT2D eigenvalue weighted by Gasteiger charge is -2.34. The van der Waals surface area contributed by atoms with Crippen LogP contribution in [0.25, 0.3) is 0 Å². The Morgan fingerprint density at radius 2 is 1.65 bits per heavy atom. The maximum absolute atomic E-state index is 13.4. The van der Waals surface area contributed by atoms with Crippen LogP contribution < -0.4 is 0 Å². The minimum absolute atomic E-state index is 0.0895. The first-order valence-corrected chi connectivity index (χ1v) is 12.5. The Hall–Kier alpha value is -2.19. The SMILES string of the molecule is Cc1cc(C)cc(C2CCCN2C(=O)C2CCN(S(=O)(=O)c3cn(C)c(C)n3)CC2)c1. The molecule has 168 valence electrons. The molecule has 2 aromatic rings. The number of nitrogens with zero attached hydrogens (tertiary/aromatic N) is 4. The molecule has 31 heavy (non-hydrogen) atoms. The molecule has 1 atom stereocenters. The second-order valence-electron chi connectivity index (χ2n) is 9.03. The number of aromatic nitrogens is 2. The third kappa shape index (κ3) is 4.28. The fourth-order valence-corrected chi connectivity index (χ4v) is 6.43. The number of rotatable bonds is 4. The third-order valence-electron chi connectivity index (χ3n) is 6.66. The van der Waals surface area contributed by atoms with Gasteiger partial charge in [0.2, 0.25) is 5.91 Å². The van der Waals surface area contributed by atoms with Gasteiger partial charge in [-0.2, -0.15) is 4.31 Å². The Balaban J connectivity index is 1.44. The van der Waals surface area contributed by atoms with Gasteiger partial charge in [-0.3, -0.25) is 4.79 Å². The molecule has 2 saturated heterocycles. The van der Waals surface area contributed by atoms with Crippen LogP contribution in [0.3, 0.4) is 0 Å². The lowest BCUT2D eigenvalue weighted by molar-refractivity contribution is -0.137. The van der Waals surface area contributed by atoms with Crippen LogP contribution in [0.4, 0.5) is 0 Å². The molecule has 1 aromatic carbocycles. The van der Waals surface area contributed by atoms with Crippen LogP contribution in [-0.2, 0) is 21.9 Å². The number of piperidine rings is 1. The summed E-state index contributed by atoms with van der Waals surface area (Å²) in [6.45, 7) is 7.47. The highest BCUT2D eigenvalue weighted by Crippen LogP contribution is 2.36. The van der Waals surface area contributed by atoms with Crippen molar-refractivity contribution in [1.82, 2.24) is 18.8 Å². The van der Waals surface area contributed by atoms with Crippen molar-refractivity contribution >= 4 is 15.9 Å². The highest BCUT2D eigenvalue weighted by Gasteiger charge is 2.38. The first-order valence-electron chi connectivity index (χ1n) is 11.1. The van der Waals surface area contributed by atoms with Crippen molar-refractivity contribution in [2.24, 2.45) is 13.0 Å². The number of carbonyl (C=O) groups is 1. The number of carbonyl (C=O) groups excluding carboxylic acids is 1. The summed E-state index contributed by atoms with van der Waals surface area (Å²) in [4.78, 5) is 19.6. The van der Waals surface area contributed by atoms with E-state index < -0.39 is 10.0 Å². The number of imidazole rings is 1. The Morgan fingerprint density at radius 3 is 2.23 bits per heavy atom. The molecule has 2 fully saturated rings. The van der Waals surface area contributed by atoms with Crippen molar-refractivity contribution in [3.63, 3.8) is 0 Å². The normalized spacial score (nSPS) is 21.0. The van der Waals surface area contributed by atoms with Crippen molar-refractivity contribution < 1.29 is 13.2 Å². The van der Waals surface area contributed by atoms with Gasteiger partial charge in [-0.05, 0) is 52.0 Å². The van der Waals surface area contributed by atoms with E-state index in [-0.39, 0.29) is 22.9 Å². The van der Waals surface area contributed by atoms with E-state index in [4.69, 9.17) is 0 Å². The molecule has 0 spiro atoms. The van der Waals surface area contributed by atoms with Gasteiger partial charge in [0.25, 0.3) is 10.0 Å². The number of hydrogen-bond donors (Lipinski definition) is 0. The van der Waals surface area contributed by atoms with Gasteiger partial charge in [0.1, 0.15) is 5.82 Å². The van der Waals surface area contributed by atoms with Gasteiger partial charge in [0, 0.05) is 38.8 Å². The number of hydrogen-bond acceptors (Lipinski definition) is 4. The van der Waals surface area contributed by atoms with Crippen LogP contribution in [0.15, 0.2) is 29.4 Å². The molecule has 2 aliphatic heterocycles. The number of sulfonamides is 1. The highest BCUT2D eigenvalue weighted by atomic mass is 32.2. The lowest BCUT2D eigenvalue weighted by Crippen LogP contribution is -2.44. The Kier molecular flexibility index (Phi) is 5.96. The molecule has 2 aliphatic rings. The quantitative estimate of drug-likeness (QED) is 0.726. The van der Waals surface area contributed by atoms with Crippen molar-refractivity contribution in [2.75, 3.05) is 19.6 Å². The summed E-state index contributed by atoms with van der Waals surface area (Å²) in [5.41, 5.74) is 3.66. The average Bonchev–Trinajstić information content (AvgIpc) is 3.34. The van der Waals surface area contributed by atoms with Crippen molar-refractivity contribution in [1.29, 1.82) is 0 Å². The first kappa shape index (κ1) is 22.0. The van der Waals surface area contributed by atoms with Gasteiger partial charge in [-0.15, -0.1) is 0 Å². The number of benzene rings is 1. The van der Waals surface area contributed by atoms with E-state index in [1.807, 2.05) is 4.90 Å². The smallest absolute Gasteiger partial charge is 0.262 e. The molecule has 4 rings (SSSR count). The maximum Gasteiger partial charge on any atom is 0.262 e. The largest absolute Gasteiger partial charge is 0.337 e. The van der Waals surface area contributed by atoms with Crippen LogP contribution in [0.5, 0.6) is 0 Å². The topological polar surface area (TPSA) is 75.5 Å². The molecule has 3 heterocycles. The minimum Gasteiger partial charge on any atom is -0.337 e. The van der Waals surface area contributed by atoms with Crippen molar-refractivity contribution in [3.8, 4) is 0 Å². The molecule has 0 N–H and O–H groups in total. The fraction of sp³-hybridized carbons (Fsp3) is 0.565. The van der Waals surface area contributed by atoms with E-state index in [1.165, 1.54) is 21.0 Å². The Labute approximate surface area is 185 Å². The summed E-state index contributed by atoms with van der Waals surface area (Å²) < 4.78 is 29.1. The zero-order valence-electron chi connectivity index (χ0n) is 18.8. The minimum atomic E-state index is -3.62. The molecule has 1 aromatic heterocycles. The van der Waals surface area contributed by atoms with E-state index >= 15 is 0 Å². The van der Waals surface area contributed by atoms with Crippen LogP contribution in [0.1, 0.15) is 54.2 Å². The molecule has 7 nitrogen and oxygen atoms in total. The molecule has 0 bridgehead atoms. The van der Waals surface area contributed by atoms with E-state index in [0.717, 1.165) is 19.4 Å². The van der Waals surface area contributed by atoms with Crippen LogP contribution in [-0.4, -0.2) is 52.7 Å². The van der Waals surface area contributed by atoms with Gasteiger partial charge in [-0.1, -0.05) is 29.3 Å². The first-order chi connectivity index (χ1) is 14.7. The van der Waals surface area contributed by atoms with E-state index in [2.05, 4.69) is 37.0 Å². The summed E-state index contributed by atoms with van der Waals surface area (Å²) in [6, 6.07) is 6.66. The van der Waals surface area contributed by atoms with Gasteiger partial charge >= 0.3 is 0 Å². The second-order valence-corrected chi connectivity index (χ2v) is 10.9.